The summed E-state index contributed by atoms with van der Waals surface area (Å²) >= 11 is 0. The Morgan fingerprint density at radius 2 is 1.87 bits per heavy atom. The van der Waals surface area contributed by atoms with Crippen molar-refractivity contribution in [3.63, 3.8) is 0 Å². The second-order valence-corrected chi connectivity index (χ2v) is 3.42. The van der Waals surface area contributed by atoms with Crippen LogP contribution in [-0.2, 0) is 0 Å². The largest absolute Gasteiger partial charge is 0.471 e. The number of hydrogen-bond donors (Lipinski definition) is 1. The number of fused-ring (bicyclic) bond motifs is 1. The number of aliphatic hydroxyl groups excluding tert-OH is 1. The molecule has 0 aliphatic rings. The topological polar surface area (TPSA) is 57.2 Å². The second kappa shape index (κ2) is 5.18. The minimum absolute atomic E-state index is 0.167. The highest BCUT2D eigenvalue weighted by Gasteiger charge is 1.95. The number of nitrogens with zero attached hydrogens (tertiary/aromatic N) is 1. The van der Waals surface area contributed by atoms with Crippen LogP contribution >= 0.6 is 0 Å². The predicted octanol–water partition coefficient (Wildman–Crippen LogP) is 2.69. The molecule has 3 heteroatoms. The maximum atomic E-state index is 8.55. The Morgan fingerprint density at radius 1 is 1.27 bits per heavy atom. The summed E-state index contributed by atoms with van der Waals surface area (Å²) in [6.07, 6.45) is 3.13. The summed E-state index contributed by atoms with van der Waals surface area (Å²) in [6.45, 7) is 3.44. The van der Waals surface area contributed by atoms with Gasteiger partial charge in [0.15, 0.2) is 0 Å². The molecule has 78 valence electrons. The first-order chi connectivity index (χ1) is 7.13. The minimum atomic E-state index is -0.167. The first kappa shape index (κ1) is 11.3. The number of furan rings is 1. The Kier molecular flexibility index (Phi) is 3.90. The summed E-state index contributed by atoms with van der Waals surface area (Å²) in [4.78, 5) is 0. The van der Waals surface area contributed by atoms with Crippen LogP contribution < -0.4 is 0 Å². The summed E-state index contributed by atoms with van der Waals surface area (Å²) in [5.41, 5.74) is 0.666. The molecule has 3 nitrogen and oxygen atoms in total. The van der Waals surface area contributed by atoms with Crippen LogP contribution in [0.4, 0.5) is 0 Å². The molecule has 0 atom stereocenters. The number of nitriles is 1. The molecule has 0 radical (unpaired) electrons. The molecule has 1 heterocycles. The van der Waals surface area contributed by atoms with Crippen LogP contribution in [-0.4, -0.2) is 11.2 Å². The van der Waals surface area contributed by atoms with Crippen molar-refractivity contribution in [1.29, 1.82) is 5.26 Å². The molecule has 1 aromatic carbocycles. The molecule has 0 bridgehead atoms. The average Bonchev–Trinajstić information content (AvgIpc) is 2.63. The van der Waals surface area contributed by atoms with E-state index in [1.165, 1.54) is 0 Å². The van der Waals surface area contributed by atoms with E-state index in [4.69, 9.17) is 14.8 Å². The number of benzene rings is 1. The standard InChI is InChI=1S/C9H5NO.C3H8O/c10-4-7-1-2-8-5-11-6-9(8)3-7;1-3(2)4/h1-3,5-6H;3-4H,1-2H3. The van der Waals surface area contributed by atoms with Gasteiger partial charge >= 0.3 is 0 Å². The Labute approximate surface area is 88.6 Å². The van der Waals surface area contributed by atoms with Crippen LogP contribution in [0.3, 0.4) is 0 Å². The highest BCUT2D eigenvalue weighted by atomic mass is 16.3. The van der Waals surface area contributed by atoms with Crippen LogP contribution in [0, 0.1) is 11.3 Å². The quantitative estimate of drug-likeness (QED) is 0.716. The van der Waals surface area contributed by atoms with Gasteiger partial charge in [-0.2, -0.15) is 5.26 Å². The molecule has 0 unspecified atom stereocenters. The Balaban J connectivity index is 0.000000245. The predicted molar refractivity (Wildman–Crippen MR) is 58.3 cm³/mol. The lowest BCUT2D eigenvalue weighted by atomic mass is 10.1. The third kappa shape index (κ3) is 3.45. The van der Waals surface area contributed by atoms with Gasteiger partial charge in [-0.05, 0) is 32.0 Å². The van der Waals surface area contributed by atoms with Crippen molar-refractivity contribution < 1.29 is 9.52 Å². The molecule has 0 amide bonds. The van der Waals surface area contributed by atoms with Gasteiger partial charge in [0.25, 0.3) is 0 Å². The van der Waals surface area contributed by atoms with Crippen LogP contribution in [0.1, 0.15) is 19.4 Å². The van der Waals surface area contributed by atoms with Gasteiger partial charge in [-0.3, -0.25) is 0 Å². The smallest absolute Gasteiger partial charge is 0.0991 e. The molecular formula is C12H13NO2. The molecule has 0 aliphatic carbocycles. The fourth-order valence-corrected chi connectivity index (χ4v) is 1.03. The van der Waals surface area contributed by atoms with Gasteiger partial charge < -0.3 is 9.52 Å². The number of rotatable bonds is 0. The molecule has 0 fully saturated rings. The zero-order valence-electron chi connectivity index (χ0n) is 8.77. The lowest BCUT2D eigenvalue weighted by Gasteiger charge is -1.86. The monoisotopic (exact) mass is 203 g/mol. The molecule has 1 N–H and O–H groups in total. The van der Waals surface area contributed by atoms with Gasteiger partial charge in [0.2, 0.25) is 0 Å². The van der Waals surface area contributed by atoms with E-state index in [1.54, 1.807) is 38.5 Å². The van der Waals surface area contributed by atoms with Gasteiger partial charge in [-0.25, -0.2) is 0 Å². The second-order valence-electron chi connectivity index (χ2n) is 3.42. The van der Waals surface area contributed by atoms with Crippen molar-refractivity contribution in [3.8, 4) is 6.07 Å². The molecule has 0 aliphatic heterocycles. The van der Waals surface area contributed by atoms with E-state index in [0.29, 0.717) is 5.56 Å². The van der Waals surface area contributed by atoms with Crippen molar-refractivity contribution in [1.82, 2.24) is 0 Å². The fraction of sp³-hybridized carbons (Fsp3) is 0.250. The zero-order valence-corrected chi connectivity index (χ0v) is 8.77. The van der Waals surface area contributed by atoms with Gasteiger partial charge in [-0.1, -0.05) is 0 Å². The van der Waals surface area contributed by atoms with E-state index in [2.05, 4.69) is 6.07 Å². The van der Waals surface area contributed by atoms with Gasteiger partial charge in [-0.15, -0.1) is 0 Å². The summed E-state index contributed by atoms with van der Waals surface area (Å²) in [6, 6.07) is 7.52. The highest BCUT2D eigenvalue weighted by molar-refractivity contribution is 5.82. The maximum Gasteiger partial charge on any atom is 0.0991 e. The van der Waals surface area contributed by atoms with Crippen molar-refractivity contribution in [2.75, 3.05) is 0 Å². The number of aliphatic hydroxyl groups is 1. The van der Waals surface area contributed by atoms with Crippen LogP contribution in [0.25, 0.3) is 10.8 Å². The van der Waals surface area contributed by atoms with Crippen molar-refractivity contribution in [2.24, 2.45) is 0 Å². The molecule has 2 rings (SSSR count). The van der Waals surface area contributed by atoms with Crippen LogP contribution in [0.15, 0.2) is 35.1 Å². The lowest BCUT2D eigenvalue weighted by molar-refractivity contribution is 0.216. The molecular weight excluding hydrogens is 190 g/mol. The molecule has 0 spiro atoms. The Morgan fingerprint density at radius 3 is 2.47 bits per heavy atom. The summed E-state index contributed by atoms with van der Waals surface area (Å²) < 4.78 is 4.95. The van der Waals surface area contributed by atoms with E-state index in [-0.39, 0.29) is 6.10 Å². The molecule has 0 saturated carbocycles. The van der Waals surface area contributed by atoms with Crippen LogP contribution in [0.5, 0.6) is 0 Å². The van der Waals surface area contributed by atoms with Gasteiger partial charge in [0.05, 0.1) is 24.2 Å². The summed E-state index contributed by atoms with van der Waals surface area (Å²) in [7, 11) is 0. The Hall–Kier alpha value is -1.79. The van der Waals surface area contributed by atoms with Gasteiger partial charge in [0.1, 0.15) is 0 Å². The SMILES string of the molecule is CC(C)O.N#Cc1ccc2cocc2c1. The number of hydrogen-bond acceptors (Lipinski definition) is 3. The van der Waals surface area contributed by atoms with E-state index in [0.717, 1.165) is 10.8 Å². The minimum Gasteiger partial charge on any atom is -0.471 e. The van der Waals surface area contributed by atoms with E-state index in [9.17, 15) is 0 Å². The fourth-order valence-electron chi connectivity index (χ4n) is 1.03. The maximum absolute atomic E-state index is 8.55. The summed E-state index contributed by atoms with van der Waals surface area (Å²) in [5.74, 6) is 0. The van der Waals surface area contributed by atoms with Crippen molar-refractivity contribution in [2.45, 2.75) is 20.0 Å². The third-order valence-corrected chi connectivity index (χ3v) is 1.61. The first-order valence-electron chi connectivity index (χ1n) is 4.67. The first-order valence-corrected chi connectivity index (χ1v) is 4.67. The lowest BCUT2D eigenvalue weighted by Crippen LogP contribution is -1.85. The van der Waals surface area contributed by atoms with E-state index in [1.807, 2.05) is 6.07 Å². The molecule has 15 heavy (non-hydrogen) atoms. The molecule has 0 saturated heterocycles. The van der Waals surface area contributed by atoms with Crippen molar-refractivity contribution in [3.05, 3.63) is 36.3 Å². The van der Waals surface area contributed by atoms with Crippen molar-refractivity contribution >= 4 is 10.8 Å². The van der Waals surface area contributed by atoms with Gasteiger partial charge in [0, 0.05) is 16.9 Å². The third-order valence-electron chi connectivity index (χ3n) is 1.61. The highest BCUT2D eigenvalue weighted by Crippen LogP contribution is 2.15. The normalized spacial score (nSPS) is 9.53. The van der Waals surface area contributed by atoms with E-state index < -0.39 is 0 Å². The summed E-state index contributed by atoms with van der Waals surface area (Å²) in [5, 5.41) is 18.6. The Bertz CT molecular complexity index is 463. The van der Waals surface area contributed by atoms with Crippen LogP contribution in [0.2, 0.25) is 0 Å². The molecule has 2 aromatic rings. The van der Waals surface area contributed by atoms with E-state index >= 15 is 0 Å². The molecule has 1 aromatic heterocycles. The zero-order chi connectivity index (χ0) is 11.3. The average molecular weight is 203 g/mol.